The third kappa shape index (κ3) is 25.7. The lowest BCUT2D eigenvalue weighted by Crippen LogP contribution is -2.47. The fraction of sp³-hybridized carbons (Fsp3) is 0.486. The van der Waals surface area contributed by atoms with Crippen molar-refractivity contribution in [3.05, 3.63) is 261 Å². The van der Waals surface area contributed by atoms with Gasteiger partial charge >= 0.3 is 0 Å². The van der Waals surface area contributed by atoms with Crippen molar-refractivity contribution in [2.24, 2.45) is 0 Å². The molecule has 5 aliphatic carbocycles. The first-order valence-corrected chi connectivity index (χ1v) is 51.7. The number of hydrogen-bond acceptors (Lipinski definition) is 15. The Kier molecular flexibility index (Phi) is 35.1. The number of carbonyl (C=O) groups excluding carboxylic acids is 5. The van der Waals surface area contributed by atoms with Crippen LogP contribution in [0.1, 0.15) is 188 Å². The van der Waals surface area contributed by atoms with Gasteiger partial charge in [-0.25, -0.2) is 8.78 Å². The van der Waals surface area contributed by atoms with E-state index in [4.69, 9.17) is 69.6 Å². The number of benzene rings is 5. The number of Topliss-reactive ketones (excluding diaryl/α,β-unsaturated/α-hetero) is 5. The number of halogens is 8. The predicted octanol–water partition coefficient (Wildman–Crippen LogP) is 20.9. The molecule has 5 saturated heterocycles. The van der Waals surface area contributed by atoms with Crippen molar-refractivity contribution in [3.63, 3.8) is 0 Å². The molecule has 20 nitrogen and oxygen atoms in total. The van der Waals surface area contributed by atoms with Crippen molar-refractivity contribution in [3.8, 4) is 0 Å². The number of nitrogens with zero attached hydrogens (tertiary/aromatic N) is 15. The van der Waals surface area contributed by atoms with Crippen molar-refractivity contribution >= 4 is 127 Å². The Labute approximate surface area is 825 Å². The molecule has 10 heterocycles. The van der Waals surface area contributed by atoms with Crippen molar-refractivity contribution in [2.75, 3.05) is 188 Å². The van der Waals surface area contributed by atoms with Gasteiger partial charge in [-0.1, -0.05) is 81.7 Å². The average Bonchev–Trinajstić information content (AvgIpc) is 1.72. The molecule has 10 aromatic rings. The van der Waals surface area contributed by atoms with E-state index in [0.29, 0.717) is 79.0 Å². The lowest BCUT2D eigenvalue weighted by Gasteiger charge is -2.37. The van der Waals surface area contributed by atoms with Gasteiger partial charge in [0.05, 0.1) is 30.1 Å². The number of fused-ring (bicyclic) bond motifs is 5. The topological polar surface area (TPSA) is 142 Å². The quantitative estimate of drug-likeness (QED) is 0.0501. The molecule has 0 saturated carbocycles. The molecule has 20 rings (SSSR count). The first-order valence-electron chi connectivity index (χ1n) is 49.4. The molecule has 5 aromatic heterocycles. The normalized spacial score (nSPS) is 18.0. The van der Waals surface area contributed by atoms with E-state index in [2.05, 4.69) is 129 Å². The Hall–Kier alpha value is -8.75. The summed E-state index contributed by atoms with van der Waals surface area (Å²) in [5, 5.41) is 3.66. The second-order valence-electron chi connectivity index (χ2n) is 37.8. The second kappa shape index (κ2) is 47.7. The Balaban J connectivity index is 0.000000123. The number of aromatic nitrogens is 5. The Morgan fingerprint density at radius 3 is 0.830 bits per heavy atom. The number of rotatable bonds is 25. The zero-order valence-corrected chi connectivity index (χ0v) is 83.1. The number of hydrogen-bond donors (Lipinski definition) is 0. The predicted molar refractivity (Wildman–Crippen MR) is 547 cm³/mol. The minimum Gasteiger partial charge on any atom is -0.369 e. The highest BCUT2D eigenvalue weighted by molar-refractivity contribution is 6.43. The number of unbranched alkanes of at least 4 members (excludes halogenated alkanes) is 2. The van der Waals surface area contributed by atoms with Crippen LogP contribution < -0.4 is 24.5 Å². The zero-order chi connectivity index (χ0) is 94.0. The van der Waals surface area contributed by atoms with E-state index in [0.717, 1.165) is 324 Å². The van der Waals surface area contributed by atoms with E-state index < -0.39 is 11.6 Å². The average molecular weight is 1960 g/mol. The first kappa shape index (κ1) is 99.3. The van der Waals surface area contributed by atoms with Crippen LogP contribution in [-0.4, -0.2) is 240 Å². The molecular weight excluding hydrogens is 1830 g/mol. The van der Waals surface area contributed by atoms with Crippen LogP contribution in [0.25, 0.3) is 0 Å². The molecule has 0 radical (unpaired) electrons. The van der Waals surface area contributed by atoms with E-state index in [1.807, 2.05) is 91.1 Å². The van der Waals surface area contributed by atoms with Gasteiger partial charge in [0.2, 0.25) is 0 Å². The maximum Gasteiger partial charge on any atom is 0.164 e. The largest absolute Gasteiger partial charge is 0.369 e. The van der Waals surface area contributed by atoms with Gasteiger partial charge in [0.1, 0.15) is 0 Å². The lowest BCUT2D eigenvalue weighted by molar-refractivity contribution is 0.0963. The fourth-order valence-corrected chi connectivity index (χ4v) is 22.0. The summed E-state index contributed by atoms with van der Waals surface area (Å²) >= 11 is 36.5. The summed E-state index contributed by atoms with van der Waals surface area (Å²) < 4.78 is 37.9. The van der Waals surface area contributed by atoms with Gasteiger partial charge in [0, 0.05) is 331 Å². The molecule has 0 spiro atoms. The van der Waals surface area contributed by atoms with Crippen LogP contribution in [0, 0.1) is 25.5 Å². The van der Waals surface area contributed by atoms with Crippen molar-refractivity contribution in [1.82, 2.24) is 47.3 Å². The highest BCUT2D eigenvalue weighted by atomic mass is 35.5. The van der Waals surface area contributed by atoms with Gasteiger partial charge in [-0.15, -0.1) is 0 Å². The minimum atomic E-state index is -0.805. The summed E-state index contributed by atoms with van der Waals surface area (Å²) in [6.07, 6.45) is 29.9. The number of piperazine rings is 5. The summed E-state index contributed by atoms with van der Waals surface area (Å²) in [7, 11) is 0. The summed E-state index contributed by atoms with van der Waals surface area (Å²) in [6.45, 7) is 35.0. The van der Waals surface area contributed by atoms with E-state index in [1.165, 1.54) is 83.2 Å². The molecule has 0 N–H and O–H groups in total. The van der Waals surface area contributed by atoms with Crippen molar-refractivity contribution in [2.45, 2.75) is 175 Å². The molecule has 0 amide bonds. The SMILES string of the molecule is Cc1cccc(N2CCN(CCCCn3ccc4c3CCCC4=O)CC2)c1C.O=C1CCCc2c1ccn2CCCCN1CCN(c2ccc(Cl)c(Cl)c2)CC1.O=C1CCCc2c1ccn2CCCN1CCN(c2ccc(Cl)c(Cl)c2)CC1.O=C1CCCc2c1ccn2CCN1CCN(c2ccc(Cl)c(Cl)c2)CC1.O=C1CCCc2c1ccn2CCN1CCN(c2ccc(F)c(F)c2)CC1. The third-order valence-corrected chi connectivity index (χ3v) is 31.5. The molecule has 0 bridgehead atoms. The number of ketones is 5. The molecule has 0 atom stereocenters. The highest BCUT2D eigenvalue weighted by Gasteiger charge is 2.30. The van der Waals surface area contributed by atoms with Crippen LogP contribution in [0.3, 0.4) is 0 Å². The number of aryl methyl sites for hydroxylation is 4. The van der Waals surface area contributed by atoms with Gasteiger partial charge in [-0.3, -0.25) is 48.5 Å². The van der Waals surface area contributed by atoms with Crippen molar-refractivity contribution < 1.29 is 32.8 Å². The summed E-state index contributed by atoms with van der Waals surface area (Å²) in [5.74, 6) is -0.0573. The summed E-state index contributed by atoms with van der Waals surface area (Å²) in [5.41, 5.74) is 19.3. The Bertz CT molecular complexity index is 5590. The number of anilines is 5. The molecule has 28 heteroatoms. The number of carbonyl (C=O) groups is 5. The molecule has 0 unspecified atom stereocenters. The van der Waals surface area contributed by atoms with Crippen LogP contribution >= 0.6 is 69.6 Å². The molecule has 10 aliphatic rings. The molecule has 720 valence electrons. The van der Waals surface area contributed by atoms with E-state index in [9.17, 15) is 32.8 Å². The molecule has 5 aliphatic heterocycles. The summed E-state index contributed by atoms with van der Waals surface area (Å²) in [4.78, 5) is 84.1. The zero-order valence-electron chi connectivity index (χ0n) is 78.6. The van der Waals surface area contributed by atoms with E-state index >= 15 is 0 Å². The van der Waals surface area contributed by atoms with Gasteiger partial charge in [0.15, 0.2) is 40.6 Å². The van der Waals surface area contributed by atoms with Gasteiger partial charge in [-0.05, 0) is 244 Å². The molecule has 5 fully saturated rings. The molecule has 135 heavy (non-hydrogen) atoms. The van der Waals surface area contributed by atoms with Gasteiger partial charge in [0.25, 0.3) is 0 Å². The van der Waals surface area contributed by atoms with E-state index in [-0.39, 0.29) is 5.78 Å². The first-order chi connectivity index (χ1) is 65.6. The summed E-state index contributed by atoms with van der Waals surface area (Å²) in [6, 6.07) is 38.3. The van der Waals surface area contributed by atoms with Crippen molar-refractivity contribution in [1.29, 1.82) is 0 Å². The van der Waals surface area contributed by atoms with Crippen LogP contribution in [0.15, 0.2) is 152 Å². The van der Waals surface area contributed by atoms with Crippen LogP contribution in [0.4, 0.5) is 37.2 Å². The monoisotopic (exact) mass is 1950 g/mol. The Morgan fingerprint density at radius 1 is 0.252 bits per heavy atom. The minimum absolute atomic E-state index is 0.269. The fourth-order valence-electron chi connectivity index (χ4n) is 21.1. The van der Waals surface area contributed by atoms with Gasteiger partial charge < -0.3 is 47.3 Å². The maximum absolute atomic E-state index is 13.4. The smallest absolute Gasteiger partial charge is 0.164 e. The standard InChI is InChI=1S/C24H33N3O.C22H27Cl2N3O.C21H25Cl2N3O.C20H23Cl2N3O.C20H23F2N3O/c1-19-7-5-8-22(20(19)2)27-17-15-25(16-18-27)12-3-4-13-26-14-11-21-23(26)9-6-10-24(21)28;23-19-7-6-17(16-20(19)24)26-14-12-25(13-15-26)9-1-2-10-27-11-8-18-21(27)4-3-5-22(18)28;22-18-6-5-16(15-19(18)23)25-13-11-24(12-14-25)8-2-9-26-10-7-17-20(26)3-1-4-21(17)27;2*21-17-5-4-15(14-18(17)22)24-11-8-23(9-12-24)10-13-25-7-6-16-19(25)2-1-3-20(16)26/h5,7-8,11,14H,3-4,6,9-10,12-13,15-18H2,1-2H3;6-8,11,16H,1-5,9-10,12-15H2;5-7,10,15H,1-4,8-9,11-14H2;2*4-7,14H,1-3,8-13H2. The van der Waals surface area contributed by atoms with Crippen LogP contribution in [0.2, 0.25) is 30.1 Å². The highest BCUT2D eigenvalue weighted by Crippen LogP contribution is 2.35. The second-order valence-corrected chi connectivity index (χ2v) is 40.2. The van der Waals surface area contributed by atoms with Gasteiger partial charge in [-0.2, -0.15) is 0 Å². The maximum atomic E-state index is 13.4. The molecule has 5 aromatic carbocycles. The van der Waals surface area contributed by atoms with Crippen LogP contribution in [0.5, 0.6) is 0 Å². The van der Waals surface area contributed by atoms with Crippen LogP contribution in [-0.2, 0) is 64.8 Å². The molecular formula is C107H131Cl6F2N15O5. The van der Waals surface area contributed by atoms with E-state index in [1.54, 1.807) is 6.07 Å². The lowest BCUT2D eigenvalue weighted by atomic mass is 9.97. The Morgan fingerprint density at radius 2 is 0.519 bits per heavy atom. The third-order valence-electron chi connectivity index (χ3n) is 29.3.